The maximum atomic E-state index is 5.93. The van der Waals surface area contributed by atoms with Crippen LogP contribution in [0.4, 0.5) is 0 Å². The second-order valence-corrected chi connectivity index (χ2v) is 5.53. The van der Waals surface area contributed by atoms with E-state index in [0.717, 1.165) is 6.54 Å². The third-order valence-electron chi connectivity index (χ3n) is 4.46. The molecule has 0 atom stereocenters. The highest BCUT2D eigenvalue weighted by Gasteiger charge is 2.34. The quantitative estimate of drug-likeness (QED) is 0.568. The van der Waals surface area contributed by atoms with Crippen LogP contribution < -0.4 is 11.1 Å². The topological polar surface area (TPSA) is 50.4 Å². The van der Waals surface area contributed by atoms with Crippen molar-refractivity contribution in [3.05, 3.63) is 0 Å². The Balaban J connectivity index is 1.77. The monoisotopic (exact) mass is 223 g/mol. The Bertz CT molecular complexity index is 244. The zero-order valence-electron chi connectivity index (χ0n) is 10.5. The van der Waals surface area contributed by atoms with Crippen molar-refractivity contribution in [3.8, 4) is 0 Å². The fraction of sp³-hybridized carbons (Fsp3) is 0.923. The van der Waals surface area contributed by atoms with E-state index in [-0.39, 0.29) is 0 Å². The minimum Gasteiger partial charge on any atom is -0.370 e. The molecule has 0 heterocycles. The molecule has 0 radical (unpaired) electrons. The van der Waals surface area contributed by atoms with Gasteiger partial charge in [-0.25, -0.2) is 0 Å². The van der Waals surface area contributed by atoms with Gasteiger partial charge in [-0.1, -0.05) is 26.2 Å². The molecule has 0 amide bonds. The van der Waals surface area contributed by atoms with Crippen LogP contribution in [0.25, 0.3) is 0 Å². The van der Waals surface area contributed by atoms with Crippen molar-refractivity contribution in [1.29, 1.82) is 0 Å². The van der Waals surface area contributed by atoms with E-state index >= 15 is 0 Å². The highest BCUT2D eigenvalue weighted by Crippen LogP contribution is 2.43. The van der Waals surface area contributed by atoms with E-state index < -0.39 is 0 Å². The summed E-state index contributed by atoms with van der Waals surface area (Å²) in [7, 11) is 0. The minimum absolute atomic E-state index is 0.488. The fourth-order valence-corrected chi connectivity index (χ4v) is 2.88. The lowest BCUT2D eigenvalue weighted by molar-refractivity contribution is 0.139. The zero-order valence-corrected chi connectivity index (χ0v) is 10.5. The molecule has 16 heavy (non-hydrogen) atoms. The van der Waals surface area contributed by atoms with Gasteiger partial charge in [-0.05, 0) is 37.5 Å². The molecule has 0 bridgehead atoms. The van der Waals surface area contributed by atoms with Gasteiger partial charge in [-0.2, -0.15) is 0 Å². The lowest BCUT2D eigenvalue weighted by Crippen LogP contribution is -2.40. The van der Waals surface area contributed by atoms with Crippen molar-refractivity contribution in [2.24, 2.45) is 16.1 Å². The summed E-state index contributed by atoms with van der Waals surface area (Å²) < 4.78 is 0. The SMILES string of the molecule is CCC1(CN=C(N)NC2CCCC2)CCC1. The van der Waals surface area contributed by atoms with Gasteiger partial charge in [-0.15, -0.1) is 0 Å². The van der Waals surface area contributed by atoms with Crippen molar-refractivity contribution < 1.29 is 0 Å². The molecular weight excluding hydrogens is 198 g/mol. The number of aliphatic imine (C=N–C) groups is 1. The van der Waals surface area contributed by atoms with Gasteiger partial charge in [0.15, 0.2) is 5.96 Å². The van der Waals surface area contributed by atoms with Crippen molar-refractivity contribution in [1.82, 2.24) is 5.32 Å². The average molecular weight is 223 g/mol. The molecule has 2 rings (SSSR count). The summed E-state index contributed by atoms with van der Waals surface area (Å²) in [5, 5.41) is 3.35. The van der Waals surface area contributed by atoms with Gasteiger partial charge in [0.25, 0.3) is 0 Å². The Morgan fingerprint density at radius 1 is 1.31 bits per heavy atom. The third kappa shape index (κ3) is 2.69. The Hall–Kier alpha value is -0.730. The first kappa shape index (κ1) is 11.7. The standard InChI is InChI=1S/C13H25N3/c1-2-13(8-5-9-13)10-15-12(14)16-11-6-3-4-7-11/h11H,2-10H2,1H3,(H3,14,15,16). The third-order valence-corrected chi connectivity index (χ3v) is 4.46. The summed E-state index contributed by atoms with van der Waals surface area (Å²) in [6, 6.07) is 0.586. The molecule has 0 spiro atoms. The lowest BCUT2D eigenvalue weighted by atomic mass is 9.67. The van der Waals surface area contributed by atoms with Crippen LogP contribution in [0.15, 0.2) is 4.99 Å². The molecule has 0 unspecified atom stereocenters. The van der Waals surface area contributed by atoms with Crippen LogP contribution in [0.2, 0.25) is 0 Å². The van der Waals surface area contributed by atoms with Gasteiger partial charge in [0, 0.05) is 12.6 Å². The molecule has 2 aliphatic carbocycles. The summed E-state index contributed by atoms with van der Waals surface area (Å²) in [4.78, 5) is 4.54. The molecule has 3 N–H and O–H groups in total. The van der Waals surface area contributed by atoms with E-state index in [2.05, 4.69) is 17.2 Å². The van der Waals surface area contributed by atoms with Crippen LogP contribution >= 0.6 is 0 Å². The molecule has 2 saturated carbocycles. The molecule has 92 valence electrons. The molecule has 0 aromatic rings. The first-order chi connectivity index (χ1) is 7.74. The maximum absolute atomic E-state index is 5.93. The highest BCUT2D eigenvalue weighted by molar-refractivity contribution is 5.78. The van der Waals surface area contributed by atoms with Gasteiger partial charge in [0.2, 0.25) is 0 Å². The number of hydrogen-bond donors (Lipinski definition) is 2. The highest BCUT2D eigenvalue weighted by atomic mass is 15.1. The van der Waals surface area contributed by atoms with Crippen molar-refractivity contribution in [2.45, 2.75) is 64.3 Å². The Morgan fingerprint density at radius 2 is 2.00 bits per heavy atom. The number of guanidine groups is 1. The molecule has 3 nitrogen and oxygen atoms in total. The lowest BCUT2D eigenvalue weighted by Gasteiger charge is -2.40. The Morgan fingerprint density at radius 3 is 2.50 bits per heavy atom. The zero-order chi connectivity index (χ0) is 11.4. The number of hydrogen-bond acceptors (Lipinski definition) is 1. The number of nitrogens with zero attached hydrogens (tertiary/aromatic N) is 1. The molecule has 0 saturated heterocycles. The fourth-order valence-electron chi connectivity index (χ4n) is 2.88. The van der Waals surface area contributed by atoms with Gasteiger partial charge in [0.1, 0.15) is 0 Å². The largest absolute Gasteiger partial charge is 0.370 e. The first-order valence-corrected chi connectivity index (χ1v) is 6.81. The van der Waals surface area contributed by atoms with Crippen LogP contribution in [-0.4, -0.2) is 18.5 Å². The molecule has 0 aromatic carbocycles. The number of nitrogens with two attached hydrogens (primary N) is 1. The van der Waals surface area contributed by atoms with Gasteiger partial charge >= 0.3 is 0 Å². The van der Waals surface area contributed by atoms with Crippen LogP contribution in [0.3, 0.4) is 0 Å². The van der Waals surface area contributed by atoms with E-state index in [1.807, 2.05) is 0 Å². The Kier molecular flexibility index (Phi) is 3.72. The molecule has 2 aliphatic rings. The van der Waals surface area contributed by atoms with E-state index in [9.17, 15) is 0 Å². The van der Waals surface area contributed by atoms with E-state index in [4.69, 9.17) is 5.73 Å². The number of rotatable bonds is 4. The van der Waals surface area contributed by atoms with Crippen LogP contribution in [0.1, 0.15) is 58.3 Å². The predicted octanol–water partition coefficient (Wildman–Crippen LogP) is 2.41. The summed E-state index contributed by atoms with van der Waals surface area (Å²) in [6.07, 6.45) is 10.5. The van der Waals surface area contributed by atoms with E-state index in [1.54, 1.807) is 0 Å². The minimum atomic E-state index is 0.488. The molecule has 0 aromatic heterocycles. The molecule has 2 fully saturated rings. The summed E-state index contributed by atoms with van der Waals surface area (Å²) in [5.41, 5.74) is 6.42. The van der Waals surface area contributed by atoms with Gasteiger partial charge in [-0.3, -0.25) is 4.99 Å². The van der Waals surface area contributed by atoms with E-state index in [0.29, 0.717) is 17.4 Å². The summed E-state index contributed by atoms with van der Waals surface area (Å²) >= 11 is 0. The summed E-state index contributed by atoms with van der Waals surface area (Å²) in [5.74, 6) is 0.673. The summed E-state index contributed by atoms with van der Waals surface area (Å²) in [6.45, 7) is 3.20. The van der Waals surface area contributed by atoms with Gasteiger partial charge in [0.05, 0.1) is 0 Å². The van der Waals surface area contributed by atoms with Crippen LogP contribution in [-0.2, 0) is 0 Å². The number of nitrogens with one attached hydrogen (secondary N) is 1. The predicted molar refractivity (Wildman–Crippen MR) is 68.5 cm³/mol. The normalized spacial score (nSPS) is 25.4. The van der Waals surface area contributed by atoms with Crippen molar-refractivity contribution >= 4 is 5.96 Å². The molecule has 0 aliphatic heterocycles. The second kappa shape index (κ2) is 5.07. The average Bonchev–Trinajstić information content (AvgIpc) is 2.69. The smallest absolute Gasteiger partial charge is 0.188 e. The van der Waals surface area contributed by atoms with Crippen LogP contribution in [0.5, 0.6) is 0 Å². The molecule has 3 heteroatoms. The van der Waals surface area contributed by atoms with Crippen LogP contribution in [0, 0.1) is 5.41 Å². The van der Waals surface area contributed by atoms with Crippen molar-refractivity contribution in [3.63, 3.8) is 0 Å². The second-order valence-electron chi connectivity index (χ2n) is 5.53. The first-order valence-electron chi connectivity index (χ1n) is 6.81. The van der Waals surface area contributed by atoms with Crippen molar-refractivity contribution in [2.75, 3.05) is 6.54 Å². The maximum Gasteiger partial charge on any atom is 0.188 e. The van der Waals surface area contributed by atoms with E-state index in [1.165, 1.54) is 51.4 Å². The molecular formula is C13H25N3. The Labute approximate surface area is 98.9 Å². The van der Waals surface area contributed by atoms with Gasteiger partial charge < -0.3 is 11.1 Å².